The summed E-state index contributed by atoms with van der Waals surface area (Å²) in [6, 6.07) is 0. The Morgan fingerprint density at radius 3 is 2.19 bits per heavy atom. The van der Waals surface area contributed by atoms with Gasteiger partial charge in [-0.1, -0.05) is 38.5 Å². The smallest absolute Gasteiger partial charge is 0.101 e. The van der Waals surface area contributed by atoms with E-state index in [0.717, 1.165) is 0 Å². The van der Waals surface area contributed by atoms with Crippen molar-refractivity contribution in [1.29, 1.82) is 0 Å². The number of hydrogen-bond donors (Lipinski definition) is 2. The lowest BCUT2D eigenvalue weighted by Crippen LogP contribution is -2.60. The average Bonchev–Trinajstić information content (AvgIpc) is 2.84. The van der Waals surface area contributed by atoms with E-state index in [1.54, 1.807) is 0 Å². The fourth-order valence-electron chi connectivity index (χ4n) is 5.49. The molecule has 0 aromatic carbocycles. The zero-order valence-corrected chi connectivity index (χ0v) is 13.4. The molecule has 0 bridgehead atoms. The number of nitrogens with one attached hydrogen (secondary N) is 2. The molecule has 0 spiro atoms. The van der Waals surface area contributed by atoms with Gasteiger partial charge in [-0.25, -0.2) is 0 Å². The van der Waals surface area contributed by atoms with E-state index in [-0.39, 0.29) is 5.54 Å². The highest BCUT2D eigenvalue weighted by molar-refractivity contribution is 5.88. The van der Waals surface area contributed by atoms with Crippen LogP contribution in [0.2, 0.25) is 0 Å². The van der Waals surface area contributed by atoms with Crippen LogP contribution in [0.25, 0.3) is 0 Å². The van der Waals surface area contributed by atoms with Crippen LogP contribution in [0.3, 0.4) is 0 Å². The fourth-order valence-corrected chi connectivity index (χ4v) is 5.49. The molecule has 0 amide bonds. The Morgan fingerprint density at radius 2 is 1.43 bits per heavy atom. The third-order valence-corrected chi connectivity index (χ3v) is 6.71. The molecule has 0 radical (unpaired) electrons. The number of rotatable bonds is 1. The molecule has 2 aliphatic carbocycles. The molecule has 2 heterocycles. The number of amidine groups is 1. The quantitative estimate of drug-likeness (QED) is 0.776. The van der Waals surface area contributed by atoms with Gasteiger partial charge in [-0.3, -0.25) is 4.99 Å². The van der Waals surface area contributed by atoms with Gasteiger partial charge < -0.3 is 10.6 Å². The maximum Gasteiger partial charge on any atom is 0.101 e. The molecule has 118 valence electrons. The Hall–Kier alpha value is -0.570. The van der Waals surface area contributed by atoms with Crippen molar-refractivity contribution in [2.75, 3.05) is 13.1 Å². The second-order valence-electron chi connectivity index (χ2n) is 7.88. The molecule has 0 aromatic heterocycles. The zero-order chi connectivity index (χ0) is 14.2. The van der Waals surface area contributed by atoms with E-state index in [0.29, 0.717) is 11.5 Å². The number of aliphatic imine (C=N–C) groups is 1. The number of hydrogen-bond acceptors (Lipinski definition) is 3. The summed E-state index contributed by atoms with van der Waals surface area (Å²) >= 11 is 0. The predicted octanol–water partition coefficient (Wildman–Crippen LogP) is 3.39. The van der Waals surface area contributed by atoms with Gasteiger partial charge in [0, 0.05) is 5.92 Å². The van der Waals surface area contributed by atoms with Gasteiger partial charge in [-0.05, 0) is 51.6 Å². The summed E-state index contributed by atoms with van der Waals surface area (Å²) in [6.45, 7) is 2.34. The first-order valence-corrected chi connectivity index (χ1v) is 9.42. The first-order valence-electron chi connectivity index (χ1n) is 9.42. The summed E-state index contributed by atoms with van der Waals surface area (Å²) in [5, 5.41) is 7.56. The van der Waals surface area contributed by atoms with Crippen LogP contribution in [0, 0.1) is 5.92 Å². The maximum atomic E-state index is 5.46. The van der Waals surface area contributed by atoms with Crippen molar-refractivity contribution in [3.63, 3.8) is 0 Å². The van der Waals surface area contributed by atoms with Crippen molar-refractivity contribution in [3.05, 3.63) is 0 Å². The molecule has 3 heteroatoms. The molecule has 2 N–H and O–H groups in total. The Labute approximate surface area is 129 Å². The summed E-state index contributed by atoms with van der Waals surface area (Å²) in [4.78, 5) is 5.46. The molecule has 3 fully saturated rings. The van der Waals surface area contributed by atoms with Gasteiger partial charge in [-0.2, -0.15) is 0 Å². The van der Waals surface area contributed by atoms with Gasteiger partial charge in [0.25, 0.3) is 0 Å². The third kappa shape index (κ3) is 2.32. The van der Waals surface area contributed by atoms with Crippen LogP contribution in [0.1, 0.15) is 77.0 Å². The lowest BCUT2D eigenvalue weighted by Gasteiger charge is -2.49. The molecule has 1 saturated heterocycles. The Bertz CT molecular complexity index is 413. The minimum Gasteiger partial charge on any atom is -0.366 e. The van der Waals surface area contributed by atoms with E-state index in [2.05, 4.69) is 10.6 Å². The molecule has 2 saturated carbocycles. The Balaban J connectivity index is 1.64. The van der Waals surface area contributed by atoms with Crippen LogP contribution in [0.5, 0.6) is 0 Å². The van der Waals surface area contributed by atoms with Gasteiger partial charge in [0.05, 0.1) is 11.1 Å². The molecule has 21 heavy (non-hydrogen) atoms. The van der Waals surface area contributed by atoms with Crippen molar-refractivity contribution in [2.45, 2.75) is 88.1 Å². The van der Waals surface area contributed by atoms with Crippen molar-refractivity contribution < 1.29 is 0 Å². The topological polar surface area (TPSA) is 36.4 Å². The standard InChI is InChI=1S/C18H31N3/c1-2-4-10-18-12-6-5-11-17(18,9-3-1)20-16(21-18)15-7-13-19-14-8-15/h15,19H,1-14H2,(H,20,21). The summed E-state index contributed by atoms with van der Waals surface area (Å²) in [5.74, 6) is 2.10. The fraction of sp³-hybridized carbons (Fsp3) is 0.944. The van der Waals surface area contributed by atoms with Crippen LogP contribution in [-0.4, -0.2) is 30.0 Å². The van der Waals surface area contributed by atoms with E-state index in [4.69, 9.17) is 4.99 Å². The lowest BCUT2D eigenvalue weighted by atomic mass is 9.62. The van der Waals surface area contributed by atoms with E-state index in [1.807, 2.05) is 0 Å². The maximum absolute atomic E-state index is 5.46. The Kier molecular flexibility index (Phi) is 3.72. The van der Waals surface area contributed by atoms with Gasteiger partial charge in [0.1, 0.15) is 5.84 Å². The highest BCUT2D eigenvalue weighted by atomic mass is 15.2. The first-order chi connectivity index (χ1) is 10.3. The summed E-state index contributed by atoms with van der Waals surface area (Å²) in [6.07, 6.45) is 16.4. The molecular formula is C18H31N3. The third-order valence-electron chi connectivity index (χ3n) is 6.71. The molecule has 2 atom stereocenters. The molecule has 0 aromatic rings. The molecular weight excluding hydrogens is 258 g/mol. The van der Waals surface area contributed by atoms with Crippen molar-refractivity contribution in [1.82, 2.24) is 10.6 Å². The largest absolute Gasteiger partial charge is 0.366 e. The average molecular weight is 289 g/mol. The van der Waals surface area contributed by atoms with Crippen LogP contribution in [0.15, 0.2) is 4.99 Å². The SMILES string of the molecule is C1CCCC23CCCCC2(CC1)N=C(C1CCNCC1)N3. The summed E-state index contributed by atoms with van der Waals surface area (Å²) in [7, 11) is 0. The van der Waals surface area contributed by atoms with E-state index in [1.165, 1.54) is 96.0 Å². The minimum atomic E-state index is 0.270. The van der Waals surface area contributed by atoms with Crippen molar-refractivity contribution >= 4 is 5.84 Å². The number of piperidine rings is 1. The normalized spacial score (nSPS) is 41.2. The van der Waals surface area contributed by atoms with Gasteiger partial charge in [0.15, 0.2) is 0 Å². The van der Waals surface area contributed by atoms with E-state index >= 15 is 0 Å². The van der Waals surface area contributed by atoms with Crippen LogP contribution < -0.4 is 10.6 Å². The van der Waals surface area contributed by atoms with Crippen LogP contribution in [-0.2, 0) is 0 Å². The molecule has 2 unspecified atom stereocenters. The zero-order valence-electron chi connectivity index (χ0n) is 13.4. The van der Waals surface area contributed by atoms with Crippen LogP contribution >= 0.6 is 0 Å². The first kappa shape index (κ1) is 14.0. The monoisotopic (exact) mass is 289 g/mol. The summed E-state index contributed by atoms with van der Waals surface area (Å²) < 4.78 is 0. The molecule has 4 aliphatic rings. The number of nitrogens with zero attached hydrogens (tertiary/aromatic N) is 1. The predicted molar refractivity (Wildman–Crippen MR) is 87.8 cm³/mol. The van der Waals surface area contributed by atoms with Crippen molar-refractivity contribution in [2.24, 2.45) is 10.9 Å². The highest BCUT2D eigenvalue weighted by Gasteiger charge is 2.56. The molecule has 2 aliphatic heterocycles. The van der Waals surface area contributed by atoms with Gasteiger partial charge >= 0.3 is 0 Å². The second kappa shape index (κ2) is 5.57. The molecule has 3 nitrogen and oxygen atoms in total. The summed E-state index contributed by atoms with van der Waals surface area (Å²) in [5.41, 5.74) is 0.609. The second-order valence-corrected chi connectivity index (χ2v) is 7.88. The van der Waals surface area contributed by atoms with Gasteiger partial charge in [-0.15, -0.1) is 0 Å². The highest BCUT2D eigenvalue weighted by Crippen LogP contribution is 2.51. The van der Waals surface area contributed by atoms with E-state index < -0.39 is 0 Å². The van der Waals surface area contributed by atoms with E-state index in [9.17, 15) is 0 Å². The Morgan fingerprint density at radius 1 is 0.810 bits per heavy atom. The minimum absolute atomic E-state index is 0.270. The molecule has 4 rings (SSSR count). The van der Waals surface area contributed by atoms with Gasteiger partial charge in [0.2, 0.25) is 0 Å². The lowest BCUT2D eigenvalue weighted by molar-refractivity contribution is 0.113. The van der Waals surface area contributed by atoms with Crippen molar-refractivity contribution in [3.8, 4) is 0 Å². The van der Waals surface area contributed by atoms with Crippen LogP contribution in [0.4, 0.5) is 0 Å².